The van der Waals surface area contributed by atoms with E-state index in [2.05, 4.69) is 35.5 Å². The van der Waals surface area contributed by atoms with E-state index in [0.29, 0.717) is 99.2 Å². The standard InChI is InChI=1S/C46H69N7O10/c1-4-37-19-9-10-21-39(37)35-50(40-22-12-11-20-38(40)5-2)44(58)26-23-41(55)47-30-14-7-17-33-52(62)46(60)28-25-43(57)49-31-15-8-18-34-53(63)45(59)27-24-42(56)48-29-13-6-16-32-51(61)36(3)54/h5,9-12,19-22,61-63H,2,4,6-8,13-18,23-35H2,1,3H3,(H,47,55)(H,48,56)(H,49,57). The molecule has 0 atom stereocenters. The van der Waals surface area contributed by atoms with Crippen LogP contribution in [0.25, 0.3) is 6.08 Å². The molecule has 0 saturated heterocycles. The lowest BCUT2D eigenvalue weighted by molar-refractivity contribution is -0.166. The highest BCUT2D eigenvalue weighted by Gasteiger charge is 2.21. The number of rotatable bonds is 32. The number of hydrogen-bond acceptors (Lipinski definition) is 10. The number of benzene rings is 2. The first kappa shape index (κ1) is 53.5. The molecular formula is C46H69N7O10. The zero-order valence-corrected chi connectivity index (χ0v) is 37.2. The zero-order valence-electron chi connectivity index (χ0n) is 37.2. The van der Waals surface area contributed by atoms with Gasteiger partial charge in [0.05, 0.1) is 12.2 Å². The number of anilines is 1. The van der Waals surface area contributed by atoms with Crippen molar-refractivity contribution in [2.24, 2.45) is 0 Å². The summed E-state index contributed by atoms with van der Waals surface area (Å²) in [5.41, 5.74) is 3.75. The summed E-state index contributed by atoms with van der Waals surface area (Å²) in [6.07, 6.45) is 7.49. The molecule has 2 aromatic rings. The second kappa shape index (κ2) is 31.2. The van der Waals surface area contributed by atoms with E-state index >= 15 is 0 Å². The van der Waals surface area contributed by atoms with Crippen molar-refractivity contribution in [3.05, 3.63) is 71.8 Å². The Morgan fingerprint density at radius 3 is 1.40 bits per heavy atom. The van der Waals surface area contributed by atoms with Gasteiger partial charge in [-0.15, -0.1) is 0 Å². The normalized spacial score (nSPS) is 10.7. The van der Waals surface area contributed by atoms with Gasteiger partial charge in [-0.1, -0.05) is 62.0 Å². The number of aryl methyl sites for hydroxylation is 1. The van der Waals surface area contributed by atoms with Gasteiger partial charge in [-0.3, -0.25) is 49.2 Å². The smallest absolute Gasteiger partial charge is 0.246 e. The van der Waals surface area contributed by atoms with E-state index < -0.39 is 17.7 Å². The highest BCUT2D eigenvalue weighted by molar-refractivity contribution is 5.97. The Kier molecular flexibility index (Phi) is 26.5. The molecule has 0 aliphatic carbocycles. The van der Waals surface area contributed by atoms with Crippen LogP contribution in [0, 0.1) is 0 Å². The third kappa shape index (κ3) is 22.3. The third-order valence-electron chi connectivity index (χ3n) is 10.3. The lowest BCUT2D eigenvalue weighted by Crippen LogP contribution is -2.33. The molecule has 2 rings (SSSR count). The van der Waals surface area contributed by atoms with Gasteiger partial charge in [0.25, 0.3) is 0 Å². The summed E-state index contributed by atoms with van der Waals surface area (Å²) >= 11 is 0. The molecule has 0 saturated carbocycles. The highest BCUT2D eigenvalue weighted by Crippen LogP contribution is 2.26. The van der Waals surface area contributed by atoms with Crippen LogP contribution in [0.15, 0.2) is 55.1 Å². The van der Waals surface area contributed by atoms with Crippen LogP contribution in [-0.4, -0.2) is 111 Å². The monoisotopic (exact) mass is 880 g/mol. The van der Waals surface area contributed by atoms with E-state index in [4.69, 9.17) is 0 Å². The van der Waals surface area contributed by atoms with Crippen molar-refractivity contribution in [1.82, 2.24) is 31.1 Å². The first-order chi connectivity index (χ1) is 30.3. The van der Waals surface area contributed by atoms with E-state index in [0.717, 1.165) is 28.8 Å². The SMILES string of the molecule is C=Cc1ccccc1N(Cc1ccccc1CC)C(=O)CCC(=O)NCCCCCN(O)C(=O)CCC(=O)NCCCCCN(O)C(=O)CCC(=O)NCCCCCN(O)C(C)=O. The number of nitrogens with one attached hydrogen (secondary N) is 3. The molecule has 348 valence electrons. The van der Waals surface area contributed by atoms with Gasteiger partial charge in [0.15, 0.2) is 0 Å². The molecular weight excluding hydrogens is 811 g/mol. The second-order valence-corrected chi connectivity index (χ2v) is 15.3. The topological polar surface area (TPSA) is 229 Å². The minimum atomic E-state index is -0.575. The molecule has 2 aromatic carbocycles. The van der Waals surface area contributed by atoms with E-state index in [1.54, 1.807) is 11.0 Å². The summed E-state index contributed by atoms with van der Waals surface area (Å²) < 4.78 is 0. The number of nitrogens with zero attached hydrogens (tertiary/aromatic N) is 4. The summed E-state index contributed by atoms with van der Waals surface area (Å²) in [5, 5.41) is 39.5. The molecule has 0 unspecified atom stereocenters. The number of carbonyl (C=O) groups excluding carboxylic acids is 7. The van der Waals surface area contributed by atoms with Crippen LogP contribution in [-0.2, 0) is 46.5 Å². The number of amides is 7. The van der Waals surface area contributed by atoms with E-state index in [-0.39, 0.29) is 81.8 Å². The molecule has 0 spiro atoms. The molecule has 0 aliphatic heterocycles. The predicted molar refractivity (Wildman–Crippen MR) is 238 cm³/mol. The molecule has 0 aromatic heterocycles. The van der Waals surface area contributed by atoms with Gasteiger partial charge in [0.2, 0.25) is 41.4 Å². The lowest BCUT2D eigenvalue weighted by atomic mass is 10.0. The summed E-state index contributed by atoms with van der Waals surface area (Å²) in [4.78, 5) is 87.5. The van der Waals surface area contributed by atoms with Crippen molar-refractivity contribution < 1.29 is 49.2 Å². The van der Waals surface area contributed by atoms with Crippen LogP contribution < -0.4 is 20.9 Å². The maximum Gasteiger partial charge on any atom is 0.246 e. The molecule has 0 fully saturated rings. The first-order valence-corrected chi connectivity index (χ1v) is 22.1. The van der Waals surface area contributed by atoms with Crippen molar-refractivity contribution >= 4 is 53.1 Å². The average Bonchev–Trinajstić information content (AvgIpc) is 3.28. The Morgan fingerprint density at radius 1 is 0.540 bits per heavy atom. The fourth-order valence-corrected chi connectivity index (χ4v) is 6.54. The van der Waals surface area contributed by atoms with Crippen molar-refractivity contribution in [2.75, 3.05) is 44.2 Å². The molecule has 63 heavy (non-hydrogen) atoms. The van der Waals surface area contributed by atoms with Gasteiger partial charge in [0, 0.05) is 84.7 Å². The molecule has 6 N–H and O–H groups in total. The van der Waals surface area contributed by atoms with Crippen molar-refractivity contribution in [3.8, 4) is 0 Å². The number of carbonyl (C=O) groups is 7. The van der Waals surface area contributed by atoms with Gasteiger partial charge in [-0.05, 0) is 87.0 Å². The largest absolute Gasteiger partial charge is 0.356 e. The molecule has 0 radical (unpaired) electrons. The number of para-hydroxylation sites is 1. The highest BCUT2D eigenvalue weighted by atomic mass is 16.5. The minimum absolute atomic E-state index is 0.0324. The molecule has 0 bridgehead atoms. The summed E-state index contributed by atoms with van der Waals surface area (Å²) in [6.45, 7) is 9.13. The van der Waals surface area contributed by atoms with Crippen LogP contribution >= 0.6 is 0 Å². The number of hydrogen-bond donors (Lipinski definition) is 6. The maximum absolute atomic E-state index is 13.5. The third-order valence-corrected chi connectivity index (χ3v) is 10.3. The quantitative estimate of drug-likeness (QED) is 0.0316. The Bertz CT molecular complexity index is 1770. The Balaban J connectivity index is 1.52. The fraction of sp³-hybridized carbons (Fsp3) is 0.543. The molecule has 7 amide bonds. The minimum Gasteiger partial charge on any atom is -0.356 e. The van der Waals surface area contributed by atoms with Crippen LogP contribution in [0.1, 0.15) is 127 Å². The van der Waals surface area contributed by atoms with Crippen LogP contribution in [0.5, 0.6) is 0 Å². The van der Waals surface area contributed by atoms with Crippen molar-refractivity contribution in [3.63, 3.8) is 0 Å². The van der Waals surface area contributed by atoms with E-state index in [1.165, 1.54) is 6.92 Å². The summed E-state index contributed by atoms with van der Waals surface area (Å²) in [7, 11) is 0. The van der Waals surface area contributed by atoms with E-state index in [9.17, 15) is 49.2 Å². The van der Waals surface area contributed by atoms with Crippen molar-refractivity contribution in [1.29, 1.82) is 0 Å². The lowest BCUT2D eigenvalue weighted by Gasteiger charge is -2.26. The maximum atomic E-state index is 13.5. The summed E-state index contributed by atoms with van der Waals surface area (Å²) in [6, 6.07) is 15.5. The summed E-state index contributed by atoms with van der Waals surface area (Å²) in [5.74, 6) is -2.64. The Morgan fingerprint density at radius 2 is 0.952 bits per heavy atom. The zero-order chi connectivity index (χ0) is 46.4. The molecule has 0 aliphatic rings. The molecule has 17 nitrogen and oxygen atoms in total. The van der Waals surface area contributed by atoms with Crippen LogP contribution in [0.3, 0.4) is 0 Å². The molecule has 0 heterocycles. The predicted octanol–water partition coefficient (Wildman–Crippen LogP) is 5.30. The second-order valence-electron chi connectivity index (χ2n) is 15.3. The number of hydroxylamine groups is 6. The van der Waals surface area contributed by atoms with E-state index in [1.807, 2.05) is 42.5 Å². The Hall–Kier alpha value is -5.65. The average molecular weight is 880 g/mol. The molecule has 17 heteroatoms. The van der Waals surface area contributed by atoms with Crippen molar-refractivity contribution in [2.45, 2.75) is 123 Å². The van der Waals surface area contributed by atoms with Gasteiger partial charge in [0.1, 0.15) is 0 Å². The van der Waals surface area contributed by atoms with Gasteiger partial charge >= 0.3 is 0 Å². The Labute approximate surface area is 371 Å². The van der Waals surface area contributed by atoms with Gasteiger partial charge in [-0.2, -0.15) is 0 Å². The van der Waals surface area contributed by atoms with Gasteiger partial charge < -0.3 is 20.9 Å². The van der Waals surface area contributed by atoms with Crippen LogP contribution in [0.4, 0.5) is 5.69 Å². The first-order valence-electron chi connectivity index (χ1n) is 22.1. The number of unbranched alkanes of at least 4 members (excludes halogenated alkanes) is 6. The van der Waals surface area contributed by atoms with Gasteiger partial charge in [-0.25, -0.2) is 15.2 Å². The fourth-order valence-electron chi connectivity index (χ4n) is 6.54. The van der Waals surface area contributed by atoms with Crippen LogP contribution in [0.2, 0.25) is 0 Å².